The zero-order valence-electron chi connectivity index (χ0n) is 19.3. The fourth-order valence-corrected chi connectivity index (χ4v) is 5.23. The molecular weight excluding hydrogens is 516 g/mol. The second kappa shape index (κ2) is 8.48. The molecule has 202 valence electrons. The van der Waals surface area contributed by atoms with Crippen molar-refractivity contribution in [3.63, 3.8) is 0 Å². The Labute approximate surface area is 205 Å². The van der Waals surface area contributed by atoms with E-state index in [1.807, 2.05) is 0 Å². The monoisotopic (exact) mass is 538 g/mol. The number of amides is 1. The summed E-state index contributed by atoms with van der Waals surface area (Å²) in [6.07, 6.45) is -7.84. The predicted molar refractivity (Wildman–Crippen MR) is 116 cm³/mol. The van der Waals surface area contributed by atoms with E-state index in [-0.39, 0.29) is 56.4 Å². The first-order chi connectivity index (χ1) is 17.1. The molecule has 5 rings (SSSR count). The van der Waals surface area contributed by atoms with Crippen molar-refractivity contribution in [1.82, 2.24) is 4.98 Å². The Morgan fingerprint density at radius 3 is 2.24 bits per heavy atom. The highest BCUT2D eigenvalue weighted by molar-refractivity contribution is 6.04. The lowest BCUT2D eigenvalue weighted by Gasteiger charge is -2.58. The van der Waals surface area contributed by atoms with Gasteiger partial charge in [0, 0.05) is 63.0 Å². The first-order valence-electron chi connectivity index (χ1n) is 11.6. The first kappa shape index (κ1) is 25.6. The van der Waals surface area contributed by atoms with Crippen LogP contribution in [-0.4, -0.2) is 55.1 Å². The SMILES string of the molecule is O=C(Nc1ccc(N2CCC(F)(F)CC2)c(F)c1)c1nc(N2CC3(C2)CC(F)(F)C3)oc1CC(F)(F)F. The molecular formula is C23H22F8N4O2. The Bertz CT molecular complexity index is 1190. The molecule has 1 spiro atoms. The molecule has 1 aromatic carbocycles. The fourth-order valence-electron chi connectivity index (χ4n) is 5.23. The lowest BCUT2D eigenvalue weighted by atomic mass is 9.61. The largest absolute Gasteiger partial charge is 0.427 e. The van der Waals surface area contributed by atoms with Gasteiger partial charge in [-0.25, -0.2) is 22.0 Å². The number of carbonyl (C=O) groups is 1. The van der Waals surface area contributed by atoms with Crippen LogP contribution in [-0.2, 0) is 6.42 Å². The third-order valence-electron chi connectivity index (χ3n) is 6.89. The number of rotatable bonds is 5. The molecule has 3 heterocycles. The van der Waals surface area contributed by atoms with Gasteiger partial charge in [0.05, 0.1) is 5.69 Å². The van der Waals surface area contributed by atoms with Crippen molar-refractivity contribution in [3.05, 3.63) is 35.5 Å². The smallest absolute Gasteiger partial charge is 0.396 e. The molecule has 3 aliphatic rings. The van der Waals surface area contributed by atoms with Crippen molar-refractivity contribution in [2.45, 2.75) is 50.1 Å². The zero-order valence-corrected chi connectivity index (χ0v) is 19.3. The molecule has 0 radical (unpaired) electrons. The number of alkyl halides is 7. The lowest BCUT2D eigenvalue weighted by Crippen LogP contribution is -2.66. The first-order valence-corrected chi connectivity index (χ1v) is 11.6. The summed E-state index contributed by atoms with van der Waals surface area (Å²) in [7, 11) is 0. The topological polar surface area (TPSA) is 61.6 Å². The summed E-state index contributed by atoms with van der Waals surface area (Å²) >= 11 is 0. The normalized spacial score (nSPS) is 21.9. The number of carbonyl (C=O) groups excluding carboxylic acids is 1. The Balaban J connectivity index is 1.30. The van der Waals surface area contributed by atoms with Crippen LogP contribution in [0.4, 0.5) is 52.5 Å². The number of oxazole rings is 1. The molecule has 1 saturated carbocycles. The summed E-state index contributed by atoms with van der Waals surface area (Å²) in [5.41, 5.74) is -1.33. The van der Waals surface area contributed by atoms with Gasteiger partial charge < -0.3 is 19.5 Å². The van der Waals surface area contributed by atoms with Gasteiger partial charge in [-0.2, -0.15) is 18.2 Å². The van der Waals surface area contributed by atoms with Crippen LogP contribution in [0.15, 0.2) is 22.6 Å². The van der Waals surface area contributed by atoms with Gasteiger partial charge >= 0.3 is 6.18 Å². The summed E-state index contributed by atoms with van der Waals surface area (Å²) in [5, 5.41) is 2.28. The minimum Gasteiger partial charge on any atom is -0.427 e. The number of halogens is 8. The molecule has 1 aromatic heterocycles. The van der Waals surface area contributed by atoms with Crippen molar-refractivity contribution < 1.29 is 44.3 Å². The maximum absolute atomic E-state index is 14.7. The van der Waals surface area contributed by atoms with E-state index in [1.165, 1.54) is 21.9 Å². The second-order valence-electron chi connectivity index (χ2n) is 10.1. The second-order valence-corrected chi connectivity index (χ2v) is 10.1. The van der Waals surface area contributed by atoms with E-state index >= 15 is 0 Å². The molecule has 0 unspecified atom stereocenters. The van der Waals surface area contributed by atoms with Crippen LogP contribution in [0.1, 0.15) is 41.9 Å². The molecule has 2 saturated heterocycles. The van der Waals surface area contributed by atoms with E-state index in [0.29, 0.717) is 0 Å². The van der Waals surface area contributed by atoms with Crippen LogP contribution in [0.2, 0.25) is 0 Å². The van der Waals surface area contributed by atoms with E-state index in [1.54, 1.807) is 0 Å². The van der Waals surface area contributed by atoms with Gasteiger partial charge in [0.2, 0.25) is 5.92 Å². The molecule has 1 N–H and O–H groups in total. The molecule has 1 amide bonds. The highest BCUT2D eigenvalue weighted by atomic mass is 19.4. The van der Waals surface area contributed by atoms with Gasteiger partial charge in [-0.1, -0.05) is 0 Å². The summed E-state index contributed by atoms with van der Waals surface area (Å²) < 4.78 is 112. The van der Waals surface area contributed by atoms with Gasteiger partial charge in [-0.3, -0.25) is 4.79 Å². The molecule has 3 fully saturated rings. The van der Waals surface area contributed by atoms with Gasteiger partial charge in [0.15, 0.2) is 5.69 Å². The minimum atomic E-state index is -4.73. The number of piperidine rings is 1. The molecule has 2 aliphatic heterocycles. The van der Waals surface area contributed by atoms with Gasteiger partial charge in [0.1, 0.15) is 18.0 Å². The molecule has 0 bridgehead atoms. The van der Waals surface area contributed by atoms with E-state index in [2.05, 4.69) is 10.3 Å². The number of benzene rings is 1. The Hall–Kier alpha value is -3.06. The van der Waals surface area contributed by atoms with E-state index in [4.69, 9.17) is 4.42 Å². The average Bonchev–Trinajstić information content (AvgIpc) is 3.12. The van der Waals surface area contributed by atoms with Crippen molar-refractivity contribution in [3.8, 4) is 0 Å². The van der Waals surface area contributed by atoms with Crippen molar-refractivity contribution in [1.29, 1.82) is 0 Å². The van der Waals surface area contributed by atoms with Crippen LogP contribution in [0, 0.1) is 11.2 Å². The van der Waals surface area contributed by atoms with Gasteiger partial charge in [-0.15, -0.1) is 0 Å². The third-order valence-corrected chi connectivity index (χ3v) is 6.89. The van der Waals surface area contributed by atoms with Crippen LogP contribution in [0.5, 0.6) is 0 Å². The van der Waals surface area contributed by atoms with E-state index < -0.39 is 65.9 Å². The molecule has 37 heavy (non-hydrogen) atoms. The third kappa shape index (κ3) is 5.33. The number of aromatic nitrogens is 1. The maximum Gasteiger partial charge on any atom is 0.396 e. The zero-order chi connectivity index (χ0) is 26.8. The fraction of sp³-hybridized carbons (Fsp3) is 0.565. The minimum absolute atomic E-state index is 0.0586. The summed E-state index contributed by atoms with van der Waals surface area (Å²) in [4.78, 5) is 19.5. The summed E-state index contributed by atoms with van der Waals surface area (Å²) in [6, 6.07) is 3.23. The van der Waals surface area contributed by atoms with Crippen molar-refractivity contribution in [2.75, 3.05) is 41.3 Å². The molecule has 6 nitrogen and oxygen atoms in total. The molecule has 0 atom stereocenters. The van der Waals surface area contributed by atoms with Crippen LogP contribution < -0.4 is 15.1 Å². The number of hydrogen-bond acceptors (Lipinski definition) is 5. The number of nitrogens with zero attached hydrogens (tertiary/aromatic N) is 3. The van der Waals surface area contributed by atoms with E-state index in [0.717, 1.165) is 6.07 Å². The summed E-state index contributed by atoms with van der Waals surface area (Å²) in [5.74, 6) is -8.22. The standard InChI is InChI=1S/C23H22F8N4O2/c24-14-7-13(1-2-15(14)34-5-3-21(25,26)4-6-34)32-18(36)17-16(8-23(29,30)31)37-19(33-17)35-11-20(12-35)9-22(27,28)10-20/h1-2,7H,3-6,8-12H2,(H,32,36). The lowest BCUT2D eigenvalue weighted by molar-refractivity contribution is -0.171. The predicted octanol–water partition coefficient (Wildman–Crippen LogP) is 5.64. The van der Waals surface area contributed by atoms with Crippen LogP contribution in [0.3, 0.4) is 0 Å². The number of nitrogens with one attached hydrogen (secondary N) is 1. The maximum atomic E-state index is 14.7. The Kier molecular flexibility index (Phi) is 5.87. The van der Waals surface area contributed by atoms with Gasteiger partial charge in [-0.05, 0) is 18.2 Å². The Morgan fingerprint density at radius 1 is 1.03 bits per heavy atom. The highest BCUT2D eigenvalue weighted by Gasteiger charge is 2.62. The van der Waals surface area contributed by atoms with Crippen LogP contribution >= 0.6 is 0 Å². The highest BCUT2D eigenvalue weighted by Crippen LogP contribution is 2.57. The number of anilines is 3. The molecule has 1 aliphatic carbocycles. The molecule has 2 aromatic rings. The Morgan fingerprint density at radius 2 is 1.68 bits per heavy atom. The van der Waals surface area contributed by atoms with Crippen LogP contribution in [0.25, 0.3) is 0 Å². The average molecular weight is 538 g/mol. The van der Waals surface area contributed by atoms with Crippen molar-refractivity contribution >= 4 is 23.3 Å². The number of hydrogen-bond donors (Lipinski definition) is 1. The molecule has 14 heteroatoms. The van der Waals surface area contributed by atoms with Gasteiger partial charge in [0.25, 0.3) is 17.8 Å². The quantitative estimate of drug-likeness (QED) is 0.500. The van der Waals surface area contributed by atoms with E-state index in [9.17, 15) is 39.9 Å². The summed E-state index contributed by atoms with van der Waals surface area (Å²) in [6.45, 7) is 0.108. The van der Waals surface area contributed by atoms with Crippen molar-refractivity contribution in [2.24, 2.45) is 5.41 Å².